The lowest BCUT2D eigenvalue weighted by molar-refractivity contribution is -0.140. The van der Waals surface area contributed by atoms with E-state index >= 15 is 0 Å². The summed E-state index contributed by atoms with van der Waals surface area (Å²) < 4.78 is 29.6. The molecule has 5 rings (SSSR count). The molecule has 0 saturated carbocycles. The number of aryl methyl sites for hydroxylation is 1. The van der Waals surface area contributed by atoms with Gasteiger partial charge in [-0.3, -0.25) is 0 Å². The van der Waals surface area contributed by atoms with Crippen molar-refractivity contribution in [3.05, 3.63) is 150 Å². The van der Waals surface area contributed by atoms with E-state index in [4.69, 9.17) is 23.7 Å². The average molecular weight is 547 g/mol. The molecule has 5 heteroatoms. The normalized spacial score (nSPS) is 11.8. The molecule has 0 bridgehead atoms. The maximum absolute atomic E-state index is 6.14. The van der Waals surface area contributed by atoms with Crippen LogP contribution in [-0.2, 0) is 5.41 Å². The Bertz CT molecular complexity index is 1480. The van der Waals surface area contributed by atoms with Gasteiger partial charge in [-0.15, -0.1) is 0 Å². The number of ether oxygens (including phenoxy) is 5. The minimum absolute atomic E-state index is 0.150. The Hall–Kier alpha value is -4.90. The van der Waals surface area contributed by atoms with Crippen LogP contribution >= 0.6 is 0 Å². The summed E-state index contributed by atoms with van der Waals surface area (Å²) in [5.74, 6) is 3.48. The topological polar surface area (TPSA) is 46.2 Å². The van der Waals surface area contributed by atoms with Gasteiger partial charge in [-0.25, -0.2) is 0 Å². The van der Waals surface area contributed by atoms with Crippen molar-refractivity contribution in [1.82, 2.24) is 0 Å². The molecule has 5 aromatic rings. The van der Waals surface area contributed by atoms with E-state index in [2.05, 4.69) is 38.1 Å². The van der Waals surface area contributed by atoms with E-state index in [1.54, 1.807) is 0 Å². The minimum Gasteiger partial charge on any atom is -0.458 e. The van der Waals surface area contributed by atoms with Crippen LogP contribution in [0.5, 0.6) is 28.7 Å². The lowest BCUT2D eigenvalue weighted by Crippen LogP contribution is -2.30. The van der Waals surface area contributed by atoms with Crippen LogP contribution in [0.2, 0.25) is 0 Å². The van der Waals surface area contributed by atoms with Crippen LogP contribution in [-0.4, -0.2) is 13.3 Å². The lowest BCUT2D eigenvalue weighted by Gasteiger charge is -2.27. The second kappa shape index (κ2) is 13.0. The molecule has 0 fully saturated rings. The van der Waals surface area contributed by atoms with Gasteiger partial charge >= 0.3 is 6.48 Å². The highest BCUT2D eigenvalue weighted by Gasteiger charge is 2.24. The first-order valence-corrected chi connectivity index (χ1v) is 13.6. The molecule has 0 amide bonds. The van der Waals surface area contributed by atoms with Gasteiger partial charge in [0.15, 0.2) is 0 Å². The summed E-state index contributed by atoms with van der Waals surface area (Å²) >= 11 is 0. The number of benzene rings is 5. The molecular weight excluding hydrogens is 512 g/mol. The van der Waals surface area contributed by atoms with Crippen molar-refractivity contribution in [2.75, 3.05) is 6.79 Å². The van der Waals surface area contributed by atoms with Gasteiger partial charge in [0.25, 0.3) is 0 Å². The average Bonchev–Trinajstić information content (AvgIpc) is 3.00. The molecule has 0 radical (unpaired) electrons. The molecule has 0 aliphatic carbocycles. The second-order valence-corrected chi connectivity index (χ2v) is 10.2. The SMILES string of the molecule is Cc1ccc(OC(Oc2ccccc2)Oc2ccc(C(C)(C)c3ccc(OCOc4ccccc4)cc3)cc2)cc1. The van der Waals surface area contributed by atoms with Crippen molar-refractivity contribution < 1.29 is 23.7 Å². The standard InChI is InChI=1S/C36H34O5/c1-27-14-20-33(21-15-27)40-35(39-32-12-8-5-9-13-32)41-34-24-18-29(19-25-34)36(2,3)28-16-22-31(23-17-28)38-26-37-30-10-6-4-7-11-30/h4-25,35H,26H2,1-3H3. The van der Waals surface area contributed by atoms with Gasteiger partial charge in [0, 0.05) is 5.41 Å². The summed E-state index contributed by atoms with van der Waals surface area (Å²) in [6.45, 7) is 5.61. The summed E-state index contributed by atoms with van der Waals surface area (Å²) in [5, 5.41) is 0. The molecule has 0 aromatic heterocycles. The molecule has 0 N–H and O–H groups in total. The Labute approximate surface area is 241 Å². The summed E-state index contributed by atoms with van der Waals surface area (Å²) in [4.78, 5) is 0. The van der Waals surface area contributed by atoms with Crippen molar-refractivity contribution >= 4 is 0 Å². The van der Waals surface area contributed by atoms with E-state index in [-0.39, 0.29) is 12.2 Å². The summed E-state index contributed by atoms with van der Waals surface area (Å²) in [6, 6.07) is 43.0. The second-order valence-electron chi connectivity index (χ2n) is 10.2. The molecule has 5 nitrogen and oxygen atoms in total. The molecule has 1 atom stereocenters. The highest BCUT2D eigenvalue weighted by Crippen LogP contribution is 2.33. The molecule has 1 unspecified atom stereocenters. The minimum atomic E-state index is -0.961. The van der Waals surface area contributed by atoms with E-state index in [0.29, 0.717) is 17.2 Å². The highest BCUT2D eigenvalue weighted by atomic mass is 16.8. The van der Waals surface area contributed by atoms with Crippen molar-refractivity contribution in [1.29, 1.82) is 0 Å². The van der Waals surface area contributed by atoms with Gasteiger partial charge in [0.2, 0.25) is 6.79 Å². The third-order valence-corrected chi connectivity index (χ3v) is 6.81. The smallest absolute Gasteiger partial charge is 0.406 e. The fourth-order valence-electron chi connectivity index (χ4n) is 4.29. The molecule has 0 aliphatic heterocycles. The van der Waals surface area contributed by atoms with E-state index < -0.39 is 6.48 Å². The zero-order valence-corrected chi connectivity index (χ0v) is 23.5. The Balaban J connectivity index is 1.23. The summed E-state index contributed by atoms with van der Waals surface area (Å²) in [5.41, 5.74) is 3.22. The Morgan fingerprint density at radius 2 is 0.829 bits per heavy atom. The van der Waals surface area contributed by atoms with Gasteiger partial charge in [-0.2, -0.15) is 0 Å². The van der Waals surface area contributed by atoms with Crippen molar-refractivity contribution in [2.45, 2.75) is 32.7 Å². The highest BCUT2D eigenvalue weighted by molar-refractivity contribution is 5.42. The van der Waals surface area contributed by atoms with Crippen LogP contribution in [0.15, 0.2) is 133 Å². The number of hydrogen-bond donors (Lipinski definition) is 0. The molecule has 0 saturated heterocycles. The van der Waals surface area contributed by atoms with Crippen molar-refractivity contribution in [3.63, 3.8) is 0 Å². The summed E-state index contributed by atoms with van der Waals surface area (Å²) in [7, 11) is 0. The fourth-order valence-corrected chi connectivity index (χ4v) is 4.29. The van der Waals surface area contributed by atoms with Gasteiger partial charge < -0.3 is 23.7 Å². The van der Waals surface area contributed by atoms with E-state index in [9.17, 15) is 0 Å². The van der Waals surface area contributed by atoms with Crippen LogP contribution in [0.25, 0.3) is 0 Å². The third kappa shape index (κ3) is 7.61. The Morgan fingerprint density at radius 3 is 1.32 bits per heavy atom. The van der Waals surface area contributed by atoms with E-state index in [1.807, 2.05) is 116 Å². The first kappa shape index (κ1) is 27.7. The van der Waals surface area contributed by atoms with Gasteiger partial charge in [-0.05, 0) is 78.7 Å². The van der Waals surface area contributed by atoms with Crippen molar-refractivity contribution in [2.24, 2.45) is 0 Å². The van der Waals surface area contributed by atoms with Gasteiger partial charge in [0.1, 0.15) is 28.7 Å². The summed E-state index contributed by atoms with van der Waals surface area (Å²) in [6.07, 6.45) is 0. The number of rotatable bonds is 12. The van der Waals surface area contributed by atoms with Crippen LogP contribution in [0, 0.1) is 6.92 Å². The van der Waals surface area contributed by atoms with E-state index in [0.717, 1.165) is 28.2 Å². The van der Waals surface area contributed by atoms with Gasteiger partial charge in [-0.1, -0.05) is 92.2 Å². The van der Waals surface area contributed by atoms with Crippen LogP contribution < -0.4 is 23.7 Å². The van der Waals surface area contributed by atoms with Crippen LogP contribution in [0.3, 0.4) is 0 Å². The first-order valence-electron chi connectivity index (χ1n) is 13.6. The zero-order valence-electron chi connectivity index (χ0n) is 23.5. The molecule has 0 heterocycles. The maximum atomic E-state index is 6.14. The molecule has 41 heavy (non-hydrogen) atoms. The molecule has 5 aromatic carbocycles. The molecule has 0 aliphatic rings. The predicted molar refractivity (Wildman–Crippen MR) is 161 cm³/mol. The third-order valence-electron chi connectivity index (χ3n) is 6.81. The van der Waals surface area contributed by atoms with Crippen LogP contribution in [0.4, 0.5) is 0 Å². The zero-order chi connectivity index (χ0) is 28.5. The largest absolute Gasteiger partial charge is 0.458 e. The van der Waals surface area contributed by atoms with Gasteiger partial charge in [0.05, 0.1) is 0 Å². The quantitative estimate of drug-likeness (QED) is 0.147. The first-order chi connectivity index (χ1) is 20.0. The van der Waals surface area contributed by atoms with Crippen LogP contribution in [0.1, 0.15) is 30.5 Å². The predicted octanol–water partition coefficient (Wildman–Crippen LogP) is 8.56. The molecule has 208 valence electrons. The lowest BCUT2D eigenvalue weighted by atomic mass is 9.78. The monoisotopic (exact) mass is 546 g/mol. The van der Waals surface area contributed by atoms with Crippen molar-refractivity contribution in [3.8, 4) is 28.7 Å². The number of hydrogen-bond acceptors (Lipinski definition) is 5. The molecular formula is C36H34O5. The maximum Gasteiger partial charge on any atom is 0.406 e. The fraction of sp³-hybridized carbons (Fsp3) is 0.167. The molecule has 0 spiro atoms. The van der Waals surface area contributed by atoms with E-state index in [1.165, 1.54) is 0 Å². The number of para-hydroxylation sites is 2. The Kier molecular flexibility index (Phi) is 8.75. The Morgan fingerprint density at radius 1 is 0.463 bits per heavy atom.